The highest BCUT2D eigenvalue weighted by Crippen LogP contribution is 2.47. The lowest BCUT2D eigenvalue weighted by atomic mass is 9.85. The first-order valence-corrected chi connectivity index (χ1v) is 12.7. The summed E-state index contributed by atoms with van der Waals surface area (Å²) in [5.41, 5.74) is 1.29. The summed E-state index contributed by atoms with van der Waals surface area (Å²) in [6, 6.07) is 12.2. The largest absolute Gasteiger partial charge is 0.390 e. The van der Waals surface area contributed by atoms with E-state index in [9.17, 15) is 20.1 Å². The molecule has 0 bridgehead atoms. The number of hydrogen-bond acceptors (Lipinski definition) is 6. The summed E-state index contributed by atoms with van der Waals surface area (Å²) in [6.07, 6.45) is 0.393. The van der Waals surface area contributed by atoms with E-state index >= 15 is 4.39 Å². The van der Waals surface area contributed by atoms with Crippen LogP contribution in [0, 0.1) is 17.1 Å². The lowest BCUT2D eigenvalue weighted by molar-refractivity contribution is 0.0349. The zero-order chi connectivity index (χ0) is 27.4. The lowest BCUT2D eigenvalue weighted by Crippen LogP contribution is -2.30. The van der Waals surface area contributed by atoms with Crippen LogP contribution in [0.25, 0.3) is 0 Å². The van der Waals surface area contributed by atoms with Gasteiger partial charge in [0.25, 0.3) is 5.91 Å². The fraction of sp³-hybridized carbons (Fsp3) is 0.345. The summed E-state index contributed by atoms with van der Waals surface area (Å²) >= 11 is 6.35. The number of aliphatic hydroxyl groups is 3. The van der Waals surface area contributed by atoms with Crippen molar-refractivity contribution in [1.82, 2.24) is 9.88 Å². The number of amides is 1. The Kier molecular flexibility index (Phi) is 6.74. The number of hydrogen-bond donors (Lipinski definition) is 3. The number of nitrogens with zero attached hydrogens (tertiary/aromatic N) is 3. The van der Waals surface area contributed by atoms with Gasteiger partial charge in [-0.2, -0.15) is 5.26 Å². The molecule has 0 saturated heterocycles. The fourth-order valence-electron chi connectivity index (χ4n) is 5.51. The molecule has 1 unspecified atom stereocenters. The maximum absolute atomic E-state index is 15.9. The quantitative estimate of drug-likeness (QED) is 0.448. The molecule has 2 aliphatic rings. The Morgan fingerprint density at radius 2 is 1.92 bits per heavy atom. The Hall–Kier alpha value is -3.35. The van der Waals surface area contributed by atoms with E-state index in [2.05, 4.69) is 4.98 Å². The third-order valence-electron chi connectivity index (χ3n) is 7.52. The predicted octanol–water partition coefficient (Wildman–Crippen LogP) is 4.32. The Morgan fingerprint density at radius 3 is 2.53 bits per heavy atom. The van der Waals surface area contributed by atoms with E-state index in [1.165, 1.54) is 37.1 Å². The van der Waals surface area contributed by atoms with Gasteiger partial charge in [0.1, 0.15) is 11.9 Å². The average molecular weight is 536 g/mol. The number of halogens is 2. The molecule has 4 atom stereocenters. The molecule has 2 aromatic carbocycles. The molecule has 3 aromatic rings. The van der Waals surface area contributed by atoms with Gasteiger partial charge >= 0.3 is 0 Å². The molecule has 2 heterocycles. The van der Waals surface area contributed by atoms with E-state index < -0.39 is 41.5 Å². The summed E-state index contributed by atoms with van der Waals surface area (Å²) in [5, 5.41) is 41.0. The topological polar surface area (TPSA) is 118 Å². The summed E-state index contributed by atoms with van der Waals surface area (Å²) < 4.78 is 15.9. The number of nitriles is 1. The monoisotopic (exact) mass is 535 g/mol. The number of aromatic nitrogens is 1. The molecule has 196 valence electrons. The Balaban J connectivity index is 1.69. The first-order valence-electron chi connectivity index (χ1n) is 12.4. The first-order chi connectivity index (χ1) is 18.0. The maximum Gasteiger partial charge on any atom is 0.255 e. The van der Waals surface area contributed by atoms with Gasteiger partial charge in [0.15, 0.2) is 0 Å². The maximum atomic E-state index is 15.9. The first kappa shape index (κ1) is 26.3. The molecule has 3 N–H and O–H groups in total. The number of pyridine rings is 1. The summed E-state index contributed by atoms with van der Waals surface area (Å²) in [5.74, 6) is -1.53. The van der Waals surface area contributed by atoms with Crippen LogP contribution in [0.15, 0.2) is 48.7 Å². The van der Waals surface area contributed by atoms with Gasteiger partial charge in [-0.1, -0.05) is 17.7 Å². The third-order valence-corrected chi connectivity index (χ3v) is 7.76. The van der Waals surface area contributed by atoms with Gasteiger partial charge in [-0.25, -0.2) is 4.39 Å². The Labute approximate surface area is 224 Å². The van der Waals surface area contributed by atoms with Gasteiger partial charge < -0.3 is 20.2 Å². The van der Waals surface area contributed by atoms with Crippen LogP contribution < -0.4 is 0 Å². The van der Waals surface area contributed by atoms with Gasteiger partial charge in [0.2, 0.25) is 0 Å². The minimum absolute atomic E-state index is 0.0269. The van der Waals surface area contributed by atoms with Crippen molar-refractivity contribution >= 4 is 17.5 Å². The second-order valence-electron chi connectivity index (χ2n) is 10.5. The molecule has 1 aromatic heterocycles. The van der Waals surface area contributed by atoms with Crippen LogP contribution >= 0.6 is 11.6 Å². The number of fused-ring (bicyclic) bond motifs is 1. The molecule has 0 radical (unpaired) electrons. The van der Waals surface area contributed by atoms with Crippen molar-refractivity contribution in [3.8, 4) is 6.07 Å². The molecule has 1 aliphatic carbocycles. The van der Waals surface area contributed by atoms with Crippen LogP contribution in [0.4, 0.5) is 4.39 Å². The summed E-state index contributed by atoms with van der Waals surface area (Å²) in [4.78, 5) is 19.6. The molecule has 5 rings (SSSR count). The fourth-order valence-corrected chi connectivity index (χ4v) is 5.69. The number of carbonyl (C=O) groups excluding carboxylic acids is 1. The molecule has 1 aliphatic heterocycles. The van der Waals surface area contributed by atoms with Crippen LogP contribution in [-0.2, 0) is 12.1 Å². The van der Waals surface area contributed by atoms with Crippen molar-refractivity contribution in [2.75, 3.05) is 0 Å². The van der Waals surface area contributed by atoms with Gasteiger partial charge in [-0.3, -0.25) is 9.78 Å². The number of carbonyl (C=O) groups is 1. The number of aliphatic hydroxyl groups excluding tert-OH is 2. The molecule has 1 saturated carbocycles. The number of rotatable bonds is 5. The van der Waals surface area contributed by atoms with E-state index in [4.69, 9.17) is 16.9 Å². The van der Waals surface area contributed by atoms with Crippen LogP contribution in [0.2, 0.25) is 5.02 Å². The van der Waals surface area contributed by atoms with E-state index in [0.717, 1.165) is 0 Å². The normalized spacial score (nSPS) is 23.0. The van der Waals surface area contributed by atoms with E-state index in [1.807, 2.05) is 6.07 Å². The van der Waals surface area contributed by atoms with Crippen LogP contribution in [0.5, 0.6) is 0 Å². The minimum atomic E-state index is -1.37. The third kappa shape index (κ3) is 4.56. The van der Waals surface area contributed by atoms with Crippen molar-refractivity contribution < 1.29 is 24.5 Å². The van der Waals surface area contributed by atoms with E-state index in [-0.39, 0.29) is 23.2 Å². The molecule has 1 fully saturated rings. The Morgan fingerprint density at radius 1 is 1.16 bits per heavy atom. The van der Waals surface area contributed by atoms with Crippen LogP contribution in [0.1, 0.15) is 82.5 Å². The molecule has 9 heteroatoms. The highest BCUT2D eigenvalue weighted by atomic mass is 35.5. The number of benzene rings is 2. The average Bonchev–Trinajstić information content (AvgIpc) is 3.35. The van der Waals surface area contributed by atoms with E-state index in [0.29, 0.717) is 40.2 Å². The van der Waals surface area contributed by atoms with E-state index in [1.54, 1.807) is 30.3 Å². The second-order valence-corrected chi connectivity index (χ2v) is 10.9. The summed E-state index contributed by atoms with van der Waals surface area (Å²) in [6.45, 7) is 3.07. The Bertz CT molecular complexity index is 1450. The van der Waals surface area contributed by atoms with Crippen LogP contribution in [0.3, 0.4) is 0 Å². The van der Waals surface area contributed by atoms with Crippen molar-refractivity contribution in [2.24, 2.45) is 0 Å². The van der Waals surface area contributed by atoms with Crippen molar-refractivity contribution in [1.29, 1.82) is 5.26 Å². The second kappa shape index (κ2) is 9.75. The molecule has 1 amide bonds. The molecule has 7 nitrogen and oxygen atoms in total. The highest BCUT2D eigenvalue weighted by Gasteiger charge is 2.44. The molecule has 0 spiro atoms. The smallest absolute Gasteiger partial charge is 0.255 e. The SMILES string of the molecule is CC(C)(O)c1cc(F)c2c(c1)C(=O)N(Cc1ccc(C#N)cn1)[C@H]2c1ccc(Cl)cc1C1CC[C@H](O)[C@@H]1O. The van der Waals surface area contributed by atoms with Gasteiger partial charge in [0, 0.05) is 28.3 Å². The lowest BCUT2D eigenvalue weighted by Gasteiger charge is -2.30. The van der Waals surface area contributed by atoms with Gasteiger partial charge in [-0.05, 0) is 79.8 Å². The van der Waals surface area contributed by atoms with Gasteiger partial charge in [0.05, 0.1) is 41.7 Å². The molecular formula is C29H27ClFN3O4. The molecule has 38 heavy (non-hydrogen) atoms. The zero-order valence-corrected chi connectivity index (χ0v) is 21.7. The standard InChI is InChI=1S/C29H27ClFN3O4/c1-29(2,38)16-9-22-25(23(31)10-16)26(34(28(22)37)14-18-5-3-15(12-32)13-33-18)19-6-4-17(30)11-21(19)20-7-8-24(35)27(20)36/h3-6,9-11,13,20,24,26-27,35-36,38H,7-8,14H2,1-2H3/t20?,24-,26-,27+/m0/s1. The zero-order valence-electron chi connectivity index (χ0n) is 20.9. The van der Waals surface area contributed by atoms with Crippen LogP contribution in [-0.4, -0.2) is 43.3 Å². The van der Waals surface area contributed by atoms with Crippen molar-refractivity contribution in [2.45, 2.75) is 63.0 Å². The van der Waals surface area contributed by atoms with Crippen molar-refractivity contribution in [3.05, 3.63) is 98.6 Å². The molecular weight excluding hydrogens is 509 g/mol. The highest BCUT2D eigenvalue weighted by molar-refractivity contribution is 6.30. The van der Waals surface area contributed by atoms with Crippen molar-refractivity contribution in [3.63, 3.8) is 0 Å². The van der Waals surface area contributed by atoms with Gasteiger partial charge in [-0.15, -0.1) is 0 Å². The minimum Gasteiger partial charge on any atom is -0.390 e. The summed E-state index contributed by atoms with van der Waals surface area (Å²) in [7, 11) is 0. The predicted molar refractivity (Wildman–Crippen MR) is 138 cm³/mol.